The first-order valence-electron chi connectivity index (χ1n) is 6.72. The van der Waals surface area contributed by atoms with Gasteiger partial charge >= 0.3 is 0 Å². The molecule has 5 heteroatoms. The van der Waals surface area contributed by atoms with Crippen molar-refractivity contribution in [3.8, 4) is 0 Å². The van der Waals surface area contributed by atoms with Gasteiger partial charge in [-0.3, -0.25) is 9.36 Å². The molecule has 2 aromatic heterocycles. The van der Waals surface area contributed by atoms with Gasteiger partial charge in [-0.1, -0.05) is 6.92 Å². The molecule has 104 valence electrons. The molecule has 0 aromatic carbocycles. The molecule has 2 heterocycles. The third kappa shape index (κ3) is 2.87. The SMILES string of the molecule is CCC(O)c1c(C)nn(CCc2cnn(C)c2)c1C. The molecule has 0 bridgehead atoms. The van der Waals surface area contributed by atoms with Crippen molar-refractivity contribution in [2.75, 3.05) is 0 Å². The Kier molecular flexibility index (Phi) is 4.04. The van der Waals surface area contributed by atoms with E-state index in [1.54, 1.807) is 0 Å². The van der Waals surface area contributed by atoms with Gasteiger partial charge in [-0.2, -0.15) is 10.2 Å². The van der Waals surface area contributed by atoms with E-state index in [9.17, 15) is 5.11 Å². The van der Waals surface area contributed by atoms with Gasteiger partial charge in [0.05, 0.1) is 18.0 Å². The van der Waals surface area contributed by atoms with E-state index in [2.05, 4.69) is 10.2 Å². The Morgan fingerprint density at radius 3 is 2.68 bits per heavy atom. The quantitative estimate of drug-likeness (QED) is 0.895. The molecule has 0 fully saturated rings. The van der Waals surface area contributed by atoms with E-state index in [0.717, 1.165) is 36.3 Å². The maximum Gasteiger partial charge on any atom is 0.0823 e. The van der Waals surface area contributed by atoms with E-state index in [1.165, 1.54) is 5.56 Å². The first-order valence-corrected chi connectivity index (χ1v) is 6.72. The summed E-state index contributed by atoms with van der Waals surface area (Å²) in [5.74, 6) is 0. The zero-order valence-electron chi connectivity index (χ0n) is 12.1. The van der Waals surface area contributed by atoms with E-state index in [-0.39, 0.29) is 0 Å². The fourth-order valence-corrected chi connectivity index (χ4v) is 2.45. The first kappa shape index (κ1) is 13.8. The van der Waals surface area contributed by atoms with Crippen LogP contribution in [0.25, 0.3) is 0 Å². The van der Waals surface area contributed by atoms with Gasteiger partial charge in [-0.15, -0.1) is 0 Å². The number of aryl methyl sites for hydroxylation is 4. The Morgan fingerprint density at radius 1 is 1.37 bits per heavy atom. The molecule has 0 aliphatic heterocycles. The van der Waals surface area contributed by atoms with Crippen LogP contribution in [0.2, 0.25) is 0 Å². The summed E-state index contributed by atoms with van der Waals surface area (Å²) in [7, 11) is 1.92. The van der Waals surface area contributed by atoms with Crippen molar-refractivity contribution in [2.24, 2.45) is 7.05 Å². The Balaban J connectivity index is 2.13. The van der Waals surface area contributed by atoms with Crippen LogP contribution in [0, 0.1) is 13.8 Å². The predicted molar refractivity (Wildman–Crippen MR) is 73.9 cm³/mol. The summed E-state index contributed by atoms with van der Waals surface area (Å²) in [6, 6.07) is 0. The fraction of sp³-hybridized carbons (Fsp3) is 0.571. The number of aliphatic hydroxyl groups is 1. The third-order valence-corrected chi connectivity index (χ3v) is 3.53. The minimum Gasteiger partial charge on any atom is -0.388 e. The van der Waals surface area contributed by atoms with Crippen LogP contribution in [0.4, 0.5) is 0 Å². The van der Waals surface area contributed by atoms with Crippen LogP contribution in [0.5, 0.6) is 0 Å². The Morgan fingerprint density at radius 2 is 2.11 bits per heavy atom. The molecular weight excluding hydrogens is 240 g/mol. The molecule has 2 rings (SSSR count). The number of hydrogen-bond acceptors (Lipinski definition) is 3. The summed E-state index contributed by atoms with van der Waals surface area (Å²) < 4.78 is 3.79. The van der Waals surface area contributed by atoms with Crippen LogP contribution in [0.15, 0.2) is 12.4 Å². The lowest BCUT2D eigenvalue weighted by atomic mass is 10.1. The van der Waals surface area contributed by atoms with Gasteiger partial charge in [0, 0.05) is 31.0 Å². The van der Waals surface area contributed by atoms with Crippen LogP contribution in [0.1, 0.15) is 42.0 Å². The van der Waals surface area contributed by atoms with Crippen molar-refractivity contribution >= 4 is 0 Å². The standard InChI is InChI=1S/C14H22N4O/c1-5-13(19)14-10(2)16-18(11(14)3)7-6-12-8-15-17(4)9-12/h8-9,13,19H,5-7H2,1-4H3. The highest BCUT2D eigenvalue weighted by Crippen LogP contribution is 2.23. The number of aromatic nitrogens is 4. The molecule has 0 saturated heterocycles. The van der Waals surface area contributed by atoms with Crippen molar-refractivity contribution in [1.82, 2.24) is 19.6 Å². The molecular formula is C14H22N4O. The smallest absolute Gasteiger partial charge is 0.0823 e. The fourth-order valence-electron chi connectivity index (χ4n) is 2.45. The van der Waals surface area contributed by atoms with Crippen LogP contribution in [-0.2, 0) is 20.0 Å². The number of hydrogen-bond donors (Lipinski definition) is 1. The van der Waals surface area contributed by atoms with Gasteiger partial charge < -0.3 is 5.11 Å². The molecule has 0 radical (unpaired) electrons. The van der Waals surface area contributed by atoms with E-state index in [4.69, 9.17) is 0 Å². The highest BCUT2D eigenvalue weighted by molar-refractivity contribution is 5.27. The highest BCUT2D eigenvalue weighted by Gasteiger charge is 2.17. The summed E-state index contributed by atoms with van der Waals surface area (Å²) >= 11 is 0. The lowest BCUT2D eigenvalue weighted by Gasteiger charge is -2.09. The molecule has 1 unspecified atom stereocenters. The molecule has 0 spiro atoms. The molecule has 2 aromatic rings. The van der Waals surface area contributed by atoms with Gasteiger partial charge in [-0.25, -0.2) is 0 Å². The molecule has 0 saturated carbocycles. The molecule has 1 N–H and O–H groups in total. The van der Waals surface area contributed by atoms with Gasteiger partial charge in [0.1, 0.15) is 0 Å². The Hall–Kier alpha value is -1.62. The normalized spacial score (nSPS) is 12.9. The minimum absolute atomic E-state index is 0.410. The first-order chi connectivity index (χ1) is 9.02. The number of rotatable bonds is 5. The number of nitrogens with zero attached hydrogens (tertiary/aromatic N) is 4. The number of aliphatic hydroxyl groups excluding tert-OH is 1. The minimum atomic E-state index is -0.410. The topological polar surface area (TPSA) is 55.9 Å². The largest absolute Gasteiger partial charge is 0.388 e. The van der Waals surface area contributed by atoms with Crippen LogP contribution in [0.3, 0.4) is 0 Å². The summed E-state index contributed by atoms with van der Waals surface area (Å²) in [5, 5.41) is 18.7. The average Bonchev–Trinajstić information content (AvgIpc) is 2.90. The van der Waals surface area contributed by atoms with Gasteiger partial charge in [-0.05, 0) is 32.3 Å². The van der Waals surface area contributed by atoms with Crippen LogP contribution >= 0.6 is 0 Å². The monoisotopic (exact) mass is 262 g/mol. The maximum absolute atomic E-state index is 10.0. The van der Waals surface area contributed by atoms with E-state index < -0.39 is 6.10 Å². The van der Waals surface area contributed by atoms with E-state index in [1.807, 2.05) is 49.6 Å². The van der Waals surface area contributed by atoms with Gasteiger partial charge in [0.15, 0.2) is 0 Å². The van der Waals surface area contributed by atoms with E-state index >= 15 is 0 Å². The summed E-state index contributed by atoms with van der Waals surface area (Å²) in [6.07, 6.45) is 5.11. The summed E-state index contributed by atoms with van der Waals surface area (Å²) in [4.78, 5) is 0. The molecule has 0 aliphatic carbocycles. The Labute approximate surface area is 113 Å². The van der Waals surface area contributed by atoms with Crippen molar-refractivity contribution in [1.29, 1.82) is 0 Å². The van der Waals surface area contributed by atoms with Crippen molar-refractivity contribution < 1.29 is 5.11 Å². The summed E-state index contributed by atoms with van der Waals surface area (Å²) in [6.45, 7) is 6.78. The maximum atomic E-state index is 10.0. The molecule has 1 atom stereocenters. The van der Waals surface area contributed by atoms with Crippen molar-refractivity contribution in [3.63, 3.8) is 0 Å². The zero-order valence-corrected chi connectivity index (χ0v) is 12.1. The molecule has 5 nitrogen and oxygen atoms in total. The highest BCUT2D eigenvalue weighted by atomic mass is 16.3. The Bertz CT molecular complexity index is 556. The van der Waals surface area contributed by atoms with Crippen molar-refractivity contribution in [2.45, 2.75) is 46.3 Å². The lowest BCUT2D eigenvalue weighted by Crippen LogP contribution is -2.06. The molecule has 0 amide bonds. The molecule has 0 aliphatic rings. The van der Waals surface area contributed by atoms with Gasteiger partial charge in [0.2, 0.25) is 0 Å². The molecule has 19 heavy (non-hydrogen) atoms. The lowest BCUT2D eigenvalue weighted by molar-refractivity contribution is 0.172. The average molecular weight is 262 g/mol. The van der Waals surface area contributed by atoms with Gasteiger partial charge in [0.25, 0.3) is 0 Å². The summed E-state index contributed by atoms with van der Waals surface area (Å²) in [5.41, 5.74) is 4.18. The zero-order chi connectivity index (χ0) is 14.0. The van der Waals surface area contributed by atoms with Crippen LogP contribution < -0.4 is 0 Å². The third-order valence-electron chi connectivity index (χ3n) is 3.53. The second-order valence-corrected chi connectivity index (χ2v) is 5.00. The van der Waals surface area contributed by atoms with E-state index in [0.29, 0.717) is 0 Å². The second kappa shape index (κ2) is 5.57. The van der Waals surface area contributed by atoms with Crippen molar-refractivity contribution in [3.05, 3.63) is 34.9 Å². The second-order valence-electron chi connectivity index (χ2n) is 5.00. The van der Waals surface area contributed by atoms with Crippen LogP contribution in [-0.4, -0.2) is 24.7 Å². The predicted octanol–water partition coefficient (Wildman–Crippen LogP) is 1.92.